The molecule has 2 aliphatic carbocycles. The monoisotopic (exact) mass is 238 g/mol. The third kappa shape index (κ3) is 1.85. The summed E-state index contributed by atoms with van der Waals surface area (Å²) in [5.41, 5.74) is -0.504. The fourth-order valence-electron chi connectivity index (χ4n) is 4.86. The van der Waals surface area contributed by atoms with Gasteiger partial charge in [0, 0.05) is 5.92 Å². The van der Waals surface area contributed by atoms with Crippen molar-refractivity contribution in [3.63, 3.8) is 0 Å². The van der Waals surface area contributed by atoms with E-state index in [1.165, 1.54) is 12.8 Å². The number of fused-ring (bicyclic) bond motifs is 1. The van der Waals surface area contributed by atoms with Crippen molar-refractivity contribution in [2.24, 2.45) is 22.7 Å². The van der Waals surface area contributed by atoms with Crippen LogP contribution in [0.25, 0.3) is 0 Å². The predicted molar refractivity (Wildman–Crippen MR) is 68.6 cm³/mol. The maximum Gasteiger partial charge on any atom is 0.126 e. The number of rotatable bonds is 1. The lowest BCUT2D eigenvalue weighted by atomic mass is 9.46. The first-order valence-electron chi connectivity index (χ1n) is 6.92. The molecule has 0 radical (unpaired) electrons. The van der Waals surface area contributed by atoms with E-state index in [1.54, 1.807) is 0 Å². The fraction of sp³-hybridized carbons (Fsp3) is 0.933. The van der Waals surface area contributed by atoms with Crippen molar-refractivity contribution in [2.45, 2.75) is 65.4 Å². The van der Waals surface area contributed by atoms with Crippen molar-refractivity contribution < 1.29 is 9.90 Å². The number of aldehydes is 1. The first kappa shape index (κ1) is 13.1. The number of aliphatic hydroxyl groups is 1. The first-order chi connectivity index (χ1) is 7.74. The molecule has 2 fully saturated rings. The summed E-state index contributed by atoms with van der Waals surface area (Å²) in [4.78, 5) is 11.5. The third-order valence-electron chi connectivity index (χ3n) is 5.73. The molecule has 17 heavy (non-hydrogen) atoms. The Balaban J connectivity index is 2.40. The van der Waals surface area contributed by atoms with Crippen LogP contribution in [0.2, 0.25) is 0 Å². The van der Waals surface area contributed by atoms with Gasteiger partial charge in [0.25, 0.3) is 0 Å². The van der Waals surface area contributed by atoms with Gasteiger partial charge in [0.05, 0.1) is 5.60 Å². The predicted octanol–water partition coefficient (Wildman–Crippen LogP) is 3.18. The van der Waals surface area contributed by atoms with E-state index in [4.69, 9.17) is 0 Å². The maximum atomic E-state index is 11.5. The number of carbonyl (C=O) groups is 1. The quantitative estimate of drug-likeness (QED) is 0.712. The molecule has 98 valence electrons. The molecular weight excluding hydrogens is 212 g/mol. The van der Waals surface area contributed by atoms with Crippen molar-refractivity contribution in [3.8, 4) is 0 Å². The number of hydrogen-bond acceptors (Lipinski definition) is 2. The van der Waals surface area contributed by atoms with Gasteiger partial charge in [-0.1, -0.05) is 27.2 Å². The Morgan fingerprint density at radius 2 is 1.76 bits per heavy atom. The van der Waals surface area contributed by atoms with Gasteiger partial charge in [0.2, 0.25) is 0 Å². The summed E-state index contributed by atoms with van der Waals surface area (Å²) >= 11 is 0. The van der Waals surface area contributed by atoms with Crippen LogP contribution in [-0.2, 0) is 4.79 Å². The van der Waals surface area contributed by atoms with Crippen molar-refractivity contribution in [2.75, 3.05) is 0 Å². The minimum Gasteiger partial charge on any atom is -0.389 e. The van der Waals surface area contributed by atoms with Gasteiger partial charge in [-0.2, -0.15) is 0 Å². The summed E-state index contributed by atoms with van der Waals surface area (Å²) in [7, 11) is 0. The van der Waals surface area contributed by atoms with E-state index >= 15 is 0 Å². The topological polar surface area (TPSA) is 37.3 Å². The van der Waals surface area contributed by atoms with Crippen LogP contribution in [0.15, 0.2) is 0 Å². The molecule has 0 amide bonds. The average Bonchev–Trinajstić information content (AvgIpc) is 2.14. The van der Waals surface area contributed by atoms with Gasteiger partial charge in [0.15, 0.2) is 0 Å². The fourth-order valence-corrected chi connectivity index (χ4v) is 4.86. The molecule has 0 heterocycles. The zero-order valence-corrected chi connectivity index (χ0v) is 11.6. The van der Waals surface area contributed by atoms with Crippen LogP contribution in [0, 0.1) is 22.7 Å². The van der Waals surface area contributed by atoms with Crippen LogP contribution >= 0.6 is 0 Å². The highest BCUT2D eigenvalue weighted by molar-refractivity contribution is 5.58. The molecule has 0 aliphatic heterocycles. The van der Waals surface area contributed by atoms with Gasteiger partial charge in [-0.3, -0.25) is 0 Å². The molecule has 0 saturated heterocycles. The molecule has 4 atom stereocenters. The van der Waals surface area contributed by atoms with Crippen molar-refractivity contribution in [1.82, 2.24) is 0 Å². The SMILES string of the molecule is CC1(C)CCC[C@@]2(C)[C@H]1CC[C@@](C)(O)[C@H]2C=O. The maximum absolute atomic E-state index is 11.5. The largest absolute Gasteiger partial charge is 0.389 e. The minimum absolute atomic E-state index is 0.00868. The highest BCUT2D eigenvalue weighted by Crippen LogP contribution is 2.61. The molecule has 0 aromatic rings. The number of carbonyl (C=O) groups excluding carboxylic acids is 1. The van der Waals surface area contributed by atoms with Gasteiger partial charge >= 0.3 is 0 Å². The van der Waals surface area contributed by atoms with Gasteiger partial charge in [-0.05, 0) is 49.4 Å². The van der Waals surface area contributed by atoms with Gasteiger partial charge < -0.3 is 9.90 Å². The summed E-state index contributed by atoms with van der Waals surface area (Å²) < 4.78 is 0. The first-order valence-corrected chi connectivity index (χ1v) is 6.92. The lowest BCUT2D eigenvalue weighted by Gasteiger charge is -2.59. The number of hydrogen-bond donors (Lipinski definition) is 1. The smallest absolute Gasteiger partial charge is 0.126 e. The summed E-state index contributed by atoms with van der Waals surface area (Å²) in [5.74, 6) is 0.368. The molecule has 0 aromatic carbocycles. The van der Waals surface area contributed by atoms with Gasteiger partial charge in [-0.15, -0.1) is 0 Å². The molecule has 0 bridgehead atoms. The standard InChI is InChI=1S/C15H26O2/c1-13(2)7-5-8-14(3)11(13)6-9-15(4,17)12(14)10-16/h10-12,17H,5-9H2,1-4H3/t11-,12-,14-,15+/m0/s1. The average molecular weight is 238 g/mol. The minimum atomic E-state index is -0.805. The van der Waals surface area contributed by atoms with E-state index < -0.39 is 5.60 Å². The zero-order chi connectivity index (χ0) is 12.9. The molecule has 1 N–H and O–H groups in total. The van der Waals surface area contributed by atoms with Gasteiger partial charge in [0.1, 0.15) is 6.29 Å². The van der Waals surface area contributed by atoms with Crippen molar-refractivity contribution >= 4 is 6.29 Å². The van der Waals surface area contributed by atoms with E-state index in [-0.39, 0.29) is 11.3 Å². The Kier molecular flexibility index (Phi) is 2.93. The lowest BCUT2D eigenvalue weighted by Crippen LogP contribution is -2.58. The van der Waals surface area contributed by atoms with E-state index in [2.05, 4.69) is 20.8 Å². The highest BCUT2D eigenvalue weighted by atomic mass is 16.3. The molecule has 2 saturated carbocycles. The summed E-state index contributed by atoms with van der Waals surface area (Å²) in [6.45, 7) is 8.73. The molecule has 2 nitrogen and oxygen atoms in total. The lowest BCUT2D eigenvalue weighted by molar-refractivity contribution is -0.169. The van der Waals surface area contributed by atoms with Crippen LogP contribution in [0.1, 0.15) is 59.8 Å². The summed E-state index contributed by atoms with van der Waals surface area (Å²) in [5, 5.41) is 10.5. The van der Waals surface area contributed by atoms with Crippen LogP contribution in [0.4, 0.5) is 0 Å². The Labute approximate surface area is 105 Å². The second-order valence-electron chi connectivity index (χ2n) is 7.41. The van der Waals surface area contributed by atoms with Crippen LogP contribution in [-0.4, -0.2) is 17.0 Å². The Morgan fingerprint density at radius 1 is 1.12 bits per heavy atom. The third-order valence-corrected chi connectivity index (χ3v) is 5.73. The molecule has 2 aliphatic rings. The zero-order valence-electron chi connectivity index (χ0n) is 11.6. The van der Waals surface area contributed by atoms with E-state index in [0.717, 1.165) is 25.5 Å². The highest BCUT2D eigenvalue weighted by Gasteiger charge is 2.57. The molecular formula is C15H26O2. The summed E-state index contributed by atoms with van der Waals surface area (Å²) in [6, 6.07) is 0. The Bertz CT molecular complexity index is 319. The molecule has 2 heteroatoms. The van der Waals surface area contributed by atoms with E-state index in [0.29, 0.717) is 11.3 Å². The van der Waals surface area contributed by atoms with Crippen LogP contribution in [0.5, 0.6) is 0 Å². The van der Waals surface area contributed by atoms with E-state index in [9.17, 15) is 9.90 Å². The van der Waals surface area contributed by atoms with Crippen LogP contribution < -0.4 is 0 Å². The Morgan fingerprint density at radius 3 is 2.35 bits per heavy atom. The van der Waals surface area contributed by atoms with E-state index in [1.807, 2.05) is 6.92 Å². The normalized spacial score (nSPS) is 49.5. The summed E-state index contributed by atoms with van der Waals surface area (Å²) in [6.07, 6.45) is 6.36. The van der Waals surface area contributed by atoms with Crippen LogP contribution in [0.3, 0.4) is 0 Å². The van der Waals surface area contributed by atoms with Crippen molar-refractivity contribution in [1.29, 1.82) is 0 Å². The molecule has 0 aromatic heterocycles. The molecule has 0 unspecified atom stereocenters. The van der Waals surface area contributed by atoms with Crippen molar-refractivity contribution in [3.05, 3.63) is 0 Å². The Hall–Kier alpha value is -0.370. The second-order valence-corrected chi connectivity index (χ2v) is 7.41. The second kappa shape index (κ2) is 3.81. The molecule has 2 rings (SSSR count). The molecule has 0 spiro atoms. The van der Waals surface area contributed by atoms with Gasteiger partial charge in [-0.25, -0.2) is 0 Å².